The molecule has 1 aliphatic rings. The topological polar surface area (TPSA) is 80.3 Å². The van der Waals surface area contributed by atoms with E-state index in [0.29, 0.717) is 23.6 Å². The minimum atomic E-state index is -0.0754. The van der Waals surface area contributed by atoms with Crippen molar-refractivity contribution in [3.63, 3.8) is 0 Å². The minimum absolute atomic E-state index is 0.0749. The van der Waals surface area contributed by atoms with E-state index < -0.39 is 0 Å². The van der Waals surface area contributed by atoms with Crippen LogP contribution < -0.4 is 9.47 Å². The van der Waals surface area contributed by atoms with E-state index in [-0.39, 0.29) is 11.9 Å². The normalized spacial score (nSPS) is 16.2. The highest BCUT2D eigenvalue weighted by atomic mass is 16.5. The van der Waals surface area contributed by atoms with Crippen molar-refractivity contribution in [2.45, 2.75) is 18.9 Å². The molecule has 1 N–H and O–H groups in total. The first-order chi connectivity index (χ1) is 13.7. The van der Waals surface area contributed by atoms with Gasteiger partial charge < -0.3 is 14.4 Å². The van der Waals surface area contributed by atoms with Crippen LogP contribution in [0, 0.1) is 0 Å². The van der Waals surface area contributed by atoms with Gasteiger partial charge in [0.05, 0.1) is 37.7 Å². The molecule has 1 atom stereocenters. The summed E-state index contributed by atoms with van der Waals surface area (Å²) in [6.45, 7) is 0.679. The number of ether oxygens (including phenoxy) is 2. The summed E-state index contributed by atoms with van der Waals surface area (Å²) in [4.78, 5) is 19.4. The zero-order chi connectivity index (χ0) is 19.5. The summed E-state index contributed by atoms with van der Waals surface area (Å²) in [5.74, 6) is 0.927. The number of para-hydroxylation sites is 1. The molecule has 0 radical (unpaired) electrons. The molecular formula is C21H22N4O3. The highest BCUT2D eigenvalue weighted by Gasteiger charge is 2.34. The number of carbonyl (C=O) groups is 1. The molecule has 144 valence electrons. The third-order valence-electron chi connectivity index (χ3n) is 5.14. The number of aromatic nitrogens is 3. The number of aromatic amines is 1. The lowest BCUT2D eigenvalue weighted by Gasteiger charge is -2.26. The van der Waals surface area contributed by atoms with Crippen LogP contribution in [0.4, 0.5) is 0 Å². The van der Waals surface area contributed by atoms with Gasteiger partial charge in [0.2, 0.25) is 0 Å². The summed E-state index contributed by atoms with van der Waals surface area (Å²) >= 11 is 0. The number of benzene rings is 1. The van der Waals surface area contributed by atoms with Crippen LogP contribution in [0.2, 0.25) is 0 Å². The molecule has 7 nitrogen and oxygen atoms in total. The van der Waals surface area contributed by atoms with Crippen LogP contribution in [0.1, 0.15) is 34.9 Å². The van der Waals surface area contributed by atoms with E-state index in [4.69, 9.17) is 9.47 Å². The van der Waals surface area contributed by atoms with Gasteiger partial charge in [0, 0.05) is 24.5 Å². The molecule has 2 aromatic heterocycles. The predicted octanol–water partition coefficient (Wildman–Crippen LogP) is 3.47. The van der Waals surface area contributed by atoms with Crippen LogP contribution in [0.5, 0.6) is 11.5 Å². The molecule has 1 fully saturated rings. The van der Waals surface area contributed by atoms with Crippen LogP contribution in [0.25, 0.3) is 11.1 Å². The first kappa shape index (κ1) is 18.0. The largest absolute Gasteiger partial charge is 0.493 e. The first-order valence-corrected chi connectivity index (χ1v) is 9.20. The standard InChI is InChI=1S/C21H22N4O3/c1-27-18-7-3-5-15(20(18)28-2)21(26)25-12-4-6-17(25)19-16(13-23-24-19)14-8-10-22-11-9-14/h3,5,7-11,13,17H,4,6,12H2,1-2H3,(H,23,24)/t17-/m0/s1. The Morgan fingerprint density at radius 3 is 2.75 bits per heavy atom. The van der Waals surface area contributed by atoms with E-state index in [1.165, 1.54) is 0 Å². The van der Waals surface area contributed by atoms with Crippen molar-refractivity contribution in [2.75, 3.05) is 20.8 Å². The molecule has 3 heterocycles. The molecule has 1 amide bonds. The van der Waals surface area contributed by atoms with Crippen LogP contribution in [-0.4, -0.2) is 46.8 Å². The lowest BCUT2D eigenvalue weighted by atomic mass is 10.0. The van der Waals surface area contributed by atoms with E-state index >= 15 is 0 Å². The molecule has 0 saturated carbocycles. The number of carbonyl (C=O) groups excluding carboxylic acids is 1. The van der Waals surface area contributed by atoms with Gasteiger partial charge in [-0.1, -0.05) is 6.07 Å². The molecule has 1 aromatic carbocycles. The molecular weight excluding hydrogens is 356 g/mol. The number of amides is 1. The lowest BCUT2D eigenvalue weighted by molar-refractivity contribution is 0.0729. The van der Waals surface area contributed by atoms with E-state index in [9.17, 15) is 4.79 Å². The van der Waals surface area contributed by atoms with Crippen LogP contribution in [0.15, 0.2) is 48.9 Å². The summed E-state index contributed by atoms with van der Waals surface area (Å²) in [6, 6.07) is 9.18. The Kier molecular flexibility index (Phi) is 4.97. The fourth-order valence-corrected chi connectivity index (χ4v) is 3.83. The summed E-state index contributed by atoms with van der Waals surface area (Å²) < 4.78 is 10.8. The fraction of sp³-hybridized carbons (Fsp3) is 0.286. The lowest BCUT2D eigenvalue weighted by Crippen LogP contribution is -2.31. The van der Waals surface area contributed by atoms with Crippen molar-refractivity contribution in [3.05, 3.63) is 60.2 Å². The van der Waals surface area contributed by atoms with Crippen molar-refractivity contribution in [3.8, 4) is 22.6 Å². The van der Waals surface area contributed by atoms with E-state index in [1.807, 2.05) is 17.0 Å². The smallest absolute Gasteiger partial charge is 0.258 e. The highest BCUT2D eigenvalue weighted by molar-refractivity contribution is 5.98. The number of H-pyrrole nitrogens is 1. The number of nitrogens with one attached hydrogen (secondary N) is 1. The second-order valence-electron chi connectivity index (χ2n) is 6.63. The molecule has 4 rings (SSSR count). The number of methoxy groups -OCH3 is 2. The molecule has 3 aromatic rings. The number of rotatable bonds is 5. The summed E-state index contributed by atoms with van der Waals surface area (Å²) in [5, 5.41) is 7.36. The van der Waals surface area contributed by atoms with Gasteiger partial charge in [-0.15, -0.1) is 0 Å². The summed E-state index contributed by atoms with van der Waals surface area (Å²) in [7, 11) is 3.11. The van der Waals surface area contributed by atoms with E-state index in [2.05, 4.69) is 15.2 Å². The molecule has 28 heavy (non-hydrogen) atoms. The Labute approximate surface area is 163 Å². The minimum Gasteiger partial charge on any atom is -0.493 e. The Bertz CT molecular complexity index is 971. The number of nitrogens with zero attached hydrogens (tertiary/aromatic N) is 3. The second kappa shape index (κ2) is 7.72. The van der Waals surface area contributed by atoms with Gasteiger partial charge in [-0.05, 0) is 42.7 Å². The van der Waals surface area contributed by atoms with Crippen LogP contribution in [-0.2, 0) is 0 Å². The number of pyridine rings is 1. The van der Waals surface area contributed by atoms with Gasteiger partial charge in [-0.3, -0.25) is 14.9 Å². The maximum absolute atomic E-state index is 13.4. The van der Waals surface area contributed by atoms with Gasteiger partial charge in [-0.2, -0.15) is 5.10 Å². The van der Waals surface area contributed by atoms with Gasteiger partial charge in [0.15, 0.2) is 11.5 Å². The average Bonchev–Trinajstić information content (AvgIpc) is 3.42. The molecule has 7 heteroatoms. The Hall–Kier alpha value is -3.35. The first-order valence-electron chi connectivity index (χ1n) is 9.20. The third-order valence-corrected chi connectivity index (χ3v) is 5.14. The number of hydrogen-bond acceptors (Lipinski definition) is 5. The van der Waals surface area contributed by atoms with Gasteiger partial charge in [0.1, 0.15) is 0 Å². The third kappa shape index (κ3) is 3.09. The molecule has 0 aliphatic carbocycles. The van der Waals surface area contributed by atoms with Crippen molar-refractivity contribution in [1.82, 2.24) is 20.1 Å². The Morgan fingerprint density at radius 1 is 1.18 bits per heavy atom. The van der Waals surface area contributed by atoms with E-state index in [0.717, 1.165) is 29.7 Å². The van der Waals surface area contributed by atoms with Crippen LogP contribution >= 0.6 is 0 Å². The SMILES string of the molecule is COc1cccc(C(=O)N2CCC[C@H]2c2[nH]ncc2-c2ccncc2)c1OC. The molecule has 0 bridgehead atoms. The zero-order valence-electron chi connectivity index (χ0n) is 15.9. The number of hydrogen-bond donors (Lipinski definition) is 1. The van der Waals surface area contributed by atoms with Crippen molar-refractivity contribution >= 4 is 5.91 Å². The maximum Gasteiger partial charge on any atom is 0.258 e. The quantitative estimate of drug-likeness (QED) is 0.735. The number of likely N-dealkylation sites (tertiary alicyclic amines) is 1. The monoisotopic (exact) mass is 378 g/mol. The average molecular weight is 378 g/mol. The van der Waals surface area contributed by atoms with Crippen LogP contribution in [0.3, 0.4) is 0 Å². The molecule has 0 spiro atoms. The van der Waals surface area contributed by atoms with Crippen molar-refractivity contribution in [2.24, 2.45) is 0 Å². The van der Waals surface area contributed by atoms with Gasteiger partial charge >= 0.3 is 0 Å². The van der Waals surface area contributed by atoms with Crippen molar-refractivity contribution in [1.29, 1.82) is 0 Å². The summed E-state index contributed by atoms with van der Waals surface area (Å²) in [6.07, 6.45) is 7.11. The van der Waals surface area contributed by atoms with E-state index in [1.54, 1.807) is 51.0 Å². The summed E-state index contributed by atoms with van der Waals surface area (Å²) in [5.41, 5.74) is 3.46. The predicted molar refractivity (Wildman–Crippen MR) is 104 cm³/mol. The highest BCUT2D eigenvalue weighted by Crippen LogP contribution is 2.39. The molecule has 0 unspecified atom stereocenters. The molecule has 1 aliphatic heterocycles. The Morgan fingerprint density at radius 2 is 2.00 bits per heavy atom. The Balaban J connectivity index is 1.69. The zero-order valence-corrected chi connectivity index (χ0v) is 15.9. The fourth-order valence-electron chi connectivity index (χ4n) is 3.83. The maximum atomic E-state index is 13.4. The van der Waals surface area contributed by atoms with Crippen molar-refractivity contribution < 1.29 is 14.3 Å². The van der Waals surface area contributed by atoms with Gasteiger partial charge in [0.25, 0.3) is 5.91 Å². The molecule has 1 saturated heterocycles. The van der Waals surface area contributed by atoms with Gasteiger partial charge in [-0.25, -0.2) is 0 Å². The second-order valence-corrected chi connectivity index (χ2v) is 6.63.